The lowest BCUT2D eigenvalue weighted by atomic mass is 9.92. The Kier molecular flexibility index (Phi) is 19.0. The number of aliphatic imine (C=N–C) groups is 1. The largest absolute Gasteiger partial charge is 0.481 e. The number of methoxy groups -OCH3 is 2. The third-order valence-electron chi connectivity index (χ3n) is 4.44. The molecule has 0 rings (SSSR count). The van der Waals surface area contributed by atoms with Crippen molar-refractivity contribution in [1.82, 2.24) is 0 Å². The van der Waals surface area contributed by atoms with Gasteiger partial charge in [-0.2, -0.15) is 0 Å². The van der Waals surface area contributed by atoms with Crippen LogP contribution in [0, 0.1) is 5.92 Å². The van der Waals surface area contributed by atoms with E-state index in [-0.39, 0.29) is 0 Å². The molecule has 0 radical (unpaired) electrons. The quantitative estimate of drug-likeness (QED) is 0.171. The lowest BCUT2D eigenvalue weighted by Gasteiger charge is -2.16. The van der Waals surface area contributed by atoms with E-state index in [2.05, 4.69) is 17.6 Å². The van der Waals surface area contributed by atoms with Crippen LogP contribution in [0.3, 0.4) is 0 Å². The SMILES string of the molecule is C=C(C)C=N/C(=C\C)C[C@H](C/C(=C/CCOCCOC)CCCOCCOC)C(=O)O. The Morgan fingerprint density at radius 3 is 2.23 bits per heavy atom. The Labute approximate surface area is 187 Å². The summed E-state index contributed by atoms with van der Waals surface area (Å²) in [6.45, 7) is 11.0. The fraction of sp³-hybridized carbons (Fsp3) is 0.667. The van der Waals surface area contributed by atoms with E-state index in [9.17, 15) is 9.90 Å². The maximum Gasteiger partial charge on any atom is 0.307 e. The van der Waals surface area contributed by atoms with E-state index in [0.717, 1.165) is 36.1 Å². The molecule has 1 N–H and O–H groups in total. The molecular weight excluding hydrogens is 398 g/mol. The fourth-order valence-electron chi connectivity index (χ4n) is 2.78. The minimum atomic E-state index is -0.816. The van der Waals surface area contributed by atoms with Gasteiger partial charge in [-0.3, -0.25) is 9.79 Å². The highest BCUT2D eigenvalue weighted by Gasteiger charge is 2.20. The molecule has 7 nitrogen and oxygen atoms in total. The van der Waals surface area contributed by atoms with Gasteiger partial charge in [0.1, 0.15) is 0 Å². The Balaban J connectivity index is 4.95. The van der Waals surface area contributed by atoms with Crippen LogP contribution in [0.25, 0.3) is 0 Å². The number of ether oxygens (including phenoxy) is 4. The van der Waals surface area contributed by atoms with Crippen LogP contribution in [0.5, 0.6) is 0 Å². The van der Waals surface area contributed by atoms with Crippen LogP contribution in [0.2, 0.25) is 0 Å². The minimum Gasteiger partial charge on any atom is -0.481 e. The summed E-state index contributed by atoms with van der Waals surface area (Å²) < 4.78 is 21.0. The summed E-state index contributed by atoms with van der Waals surface area (Å²) in [5.74, 6) is -1.35. The number of nitrogens with zero attached hydrogens (tertiary/aromatic N) is 1. The third kappa shape index (κ3) is 17.6. The molecule has 0 saturated carbocycles. The number of carboxylic acids is 1. The van der Waals surface area contributed by atoms with E-state index in [1.165, 1.54) is 0 Å². The van der Waals surface area contributed by atoms with Crippen LogP contribution < -0.4 is 0 Å². The summed E-state index contributed by atoms with van der Waals surface area (Å²) >= 11 is 0. The van der Waals surface area contributed by atoms with Gasteiger partial charge in [0.25, 0.3) is 0 Å². The van der Waals surface area contributed by atoms with Gasteiger partial charge >= 0.3 is 5.97 Å². The van der Waals surface area contributed by atoms with Gasteiger partial charge in [0.05, 0.1) is 39.0 Å². The second-order valence-corrected chi connectivity index (χ2v) is 7.29. The normalized spacial score (nSPS) is 13.7. The Hall–Kier alpha value is -1.80. The summed E-state index contributed by atoms with van der Waals surface area (Å²) in [7, 11) is 3.28. The first-order valence-electron chi connectivity index (χ1n) is 10.8. The van der Waals surface area contributed by atoms with E-state index < -0.39 is 11.9 Å². The molecule has 7 heteroatoms. The number of aliphatic carboxylic acids is 1. The Bertz CT molecular complexity index is 583. The Morgan fingerprint density at radius 1 is 1.03 bits per heavy atom. The van der Waals surface area contributed by atoms with E-state index in [1.54, 1.807) is 20.4 Å². The summed E-state index contributed by atoms with van der Waals surface area (Å²) in [4.78, 5) is 16.3. The number of rotatable bonds is 20. The van der Waals surface area contributed by atoms with Crippen LogP contribution in [0.15, 0.2) is 40.6 Å². The molecule has 0 unspecified atom stereocenters. The number of carbonyl (C=O) groups is 1. The molecule has 0 aliphatic carbocycles. The second-order valence-electron chi connectivity index (χ2n) is 7.29. The molecular formula is C24H41NO6. The van der Waals surface area contributed by atoms with Crippen molar-refractivity contribution in [2.75, 3.05) is 53.9 Å². The van der Waals surface area contributed by atoms with Gasteiger partial charge in [0.15, 0.2) is 0 Å². The van der Waals surface area contributed by atoms with Crippen molar-refractivity contribution in [2.45, 2.75) is 46.0 Å². The van der Waals surface area contributed by atoms with Crippen molar-refractivity contribution in [3.8, 4) is 0 Å². The standard InChI is InChI=1S/C24H41NO6/c1-6-23(25-19-20(2)3)18-22(24(26)27)17-21(9-7-11-30-15-13-28-4)10-8-12-31-16-14-29-5/h6,9,19,22H,2,7-8,10-18H2,1,3-5H3,(H,26,27)/b21-9+,23-6-,25-19?/t22-/m0/s1. The van der Waals surface area contributed by atoms with Gasteiger partial charge in [0.2, 0.25) is 0 Å². The van der Waals surface area contributed by atoms with Crippen molar-refractivity contribution >= 4 is 12.2 Å². The average Bonchev–Trinajstić information content (AvgIpc) is 2.74. The van der Waals surface area contributed by atoms with E-state index in [0.29, 0.717) is 52.5 Å². The third-order valence-corrected chi connectivity index (χ3v) is 4.44. The highest BCUT2D eigenvalue weighted by molar-refractivity contribution is 5.77. The van der Waals surface area contributed by atoms with Crippen LogP contribution in [0.4, 0.5) is 0 Å². The molecule has 0 spiro atoms. The predicted molar refractivity (Wildman–Crippen MR) is 125 cm³/mol. The molecule has 0 aromatic heterocycles. The number of allylic oxidation sites excluding steroid dienone is 4. The highest BCUT2D eigenvalue weighted by atomic mass is 16.5. The van der Waals surface area contributed by atoms with Crippen molar-refractivity contribution in [1.29, 1.82) is 0 Å². The van der Waals surface area contributed by atoms with E-state index >= 15 is 0 Å². The second kappa shape index (κ2) is 20.1. The van der Waals surface area contributed by atoms with Gasteiger partial charge in [0, 0.05) is 39.2 Å². The zero-order valence-corrected chi connectivity index (χ0v) is 19.7. The van der Waals surface area contributed by atoms with Gasteiger partial charge in [-0.1, -0.05) is 24.3 Å². The van der Waals surface area contributed by atoms with Crippen LogP contribution in [0.1, 0.15) is 46.0 Å². The summed E-state index contributed by atoms with van der Waals surface area (Å²) in [6.07, 6.45) is 8.83. The molecule has 0 aliphatic rings. The van der Waals surface area contributed by atoms with Gasteiger partial charge < -0.3 is 24.1 Å². The van der Waals surface area contributed by atoms with E-state index in [1.807, 2.05) is 19.9 Å². The minimum absolute atomic E-state index is 0.377. The topological polar surface area (TPSA) is 86.6 Å². The van der Waals surface area contributed by atoms with Gasteiger partial charge in [-0.05, 0) is 45.1 Å². The van der Waals surface area contributed by atoms with Crippen LogP contribution in [-0.2, 0) is 23.7 Å². The van der Waals surface area contributed by atoms with E-state index in [4.69, 9.17) is 18.9 Å². The van der Waals surface area contributed by atoms with Crippen molar-refractivity contribution in [2.24, 2.45) is 10.9 Å². The molecule has 0 heterocycles. The molecule has 0 bridgehead atoms. The Morgan fingerprint density at radius 2 is 1.68 bits per heavy atom. The highest BCUT2D eigenvalue weighted by Crippen LogP contribution is 2.24. The molecule has 1 atom stereocenters. The molecule has 0 fully saturated rings. The van der Waals surface area contributed by atoms with Crippen LogP contribution in [-0.4, -0.2) is 71.2 Å². The maximum absolute atomic E-state index is 11.9. The predicted octanol–water partition coefficient (Wildman–Crippen LogP) is 4.44. The molecule has 178 valence electrons. The molecule has 0 amide bonds. The van der Waals surface area contributed by atoms with Crippen molar-refractivity contribution in [3.63, 3.8) is 0 Å². The average molecular weight is 440 g/mol. The van der Waals surface area contributed by atoms with Crippen molar-refractivity contribution < 1.29 is 28.8 Å². The molecule has 0 aromatic rings. The molecule has 0 aliphatic heterocycles. The molecule has 0 saturated heterocycles. The summed E-state index contributed by atoms with van der Waals surface area (Å²) in [5, 5.41) is 9.78. The van der Waals surface area contributed by atoms with Gasteiger partial charge in [-0.25, -0.2) is 0 Å². The smallest absolute Gasteiger partial charge is 0.307 e. The fourth-order valence-corrected chi connectivity index (χ4v) is 2.78. The summed E-state index contributed by atoms with van der Waals surface area (Å²) in [6, 6.07) is 0. The molecule has 0 aromatic carbocycles. The first kappa shape index (κ1) is 29.2. The first-order chi connectivity index (χ1) is 14.9. The lowest BCUT2D eigenvalue weighted by molar-refractivity contribution is -0.141. The number of carboxylic acid groups (broad SMARTS) is 1. The lowest BCUT2D eigenvalue weighted by Crippen LogP contribution is -2.16. The van der Waals surface area contributed by atoms with Gasteiger partial charge in [-0.15, -0.1) is 0 Å². The van der Waals surface area contributed by atoms with Crippen molar-refractivity contribution in [3.05, 3.63) is 35.6 Å². The maximum atomic E-state index is 11.9. The first-order valence-corrected chi connectivity index (χ1v) is 10.8. The monoisotopic (exact) mass is 439 g/mol. The zero-order valence-electron chi connectivity index (χ0n) is 19.7. The number of hydrogen-bond donors (Lipinski definition) is 1. The molecule has 31 heavy (non-hydrogen) atoms. The summed E-state index contributed by atoms with van der Waals surface area (Å²) in [5.41, 5.74) is 2.69. The number of hydrogen-bond acceptors (Lipinski definition) is 6. The zero-order chi connectivity index (χ0) is 23.3. The van der Waals surface area contributed by atoms with Crippen LogP contribution >= 0.6 is 0 Å².